The van der Waals surface area contributed by atoms with Crippen LogP contribution in [0.4, 0.5) is 0 Å². The van der Waals surface area contributed by atoms with Gasteiger partial charge < -0.3 is 9.64 Å². The minimum atomic E-state index is 0.206. The quantitative estimate of drug-likeness (QED) is 0.844. The normalized spacial score (nSPS) is 29.6. The third-order valence-corrected chi connectivity index (χ3v) is 5.06. The number of piperidine rings is 1. The number of hydrogen-bond acceptors (Lipinski definition) is 2. The molecule has 2 atom stereocenters. The summed E-state index contributed by atoms with van der Waals surface area (Å²) in [4.78, 5) is 13.8. The van der Waals surface area contributed by atoms with Gasteiger partial charge in [-0.05, 0) is 24.8 Å². The molecule has 0 aromatic heterocycles. The van der Waals surface area contributed by atoms with E-state index < -0.39 is 0 Å². The Morgan fingerprint density at radius 1 is 1.30 bits per heavy atom. The highest BCUT2D eigenvalue weighted by molar-refractivity contribution is 5.77. The maximum Gasteiger partial charge on any atom is 0.222 e. The Kier molecular flexibility index (Phi) is 3.79. The summed E-state index contributed by atoms with van der Waals surface area (Å²) in [5.41, 5.74) is 1.43. The zero-order valence-corrected chi connectivity index (χ0v) is 12.2. The Bertz CT molecular complexity index is 473. The van der Waals surface area contributed by atoms with Crippen LogP contribution < -0.4 is 0 Å². The molecule has 2 fully saturated rings. The molecule has 20 heavy (non-hydrogen) atoms. The summed E-state index contributed by atoms with van der Waals surface area (Å²) >= 11 is 0. The number of fused-ring (bicyclic) bond motifs is 1. The first-order chi connectivity index (χ1) is 9.71. The molecule has 1 heterocycles. The van der Waals surface area contributed by atoms with Crippen molar-refractivity contribution in [1.29, 1.82) is 0 Å². The number of hydrogen-bond donors (Lipinski definition) is 0. The lowest BCUT2D eigenvalue weighted by atomic mass is 9.75. The van der Waals surface area contributed by atoms with E-state index in [-0.39, 0.29) is 5.41 Å². The number of benzene rings is 1. The van der Waals surface area contributed by atoms with Crippen molar-refractivity contribution < 1.29 is 9.53 Å². The number of carbonyl (C=O) groups is 1. The van der Waals surface area contributed by atoms with Crippen LogP contribution in [0, 0.1) is 5.41 Å². The highest BCUT2D eigenvalue weighted by atomic mass is 16.5. The fourth-order valence-electron chi connectivity index (χ4n) is 3.91. The number of ether oxygens (including phenoxy) is 1. The zero-order valence-electron chi connectivity index (χ0n) is 12.2. The molecule has 1 saturated heterocycles. The second-order valence-corrected chi connectivity index (χ2v) is 6.25. The van der Waals surface area contributed by atoms with E-state index in [4.69, 9.17) is 4.74 Å². The van der Waals surface area contributed by atoms with Gasteiger partial charge in [-0.3, -0.25) is 4.79 Å². The molecule has 0 bridgehead atoms. The average molecular weight is 273 g/mol. The number of likely N-dealkylation sites (tertiary alicyclic amines) is 1. The Hall–Kier alpha value is -1.35. The van der Waals surface area contributed by atoms with Crippen molar-refractivity contribution in [3.05, 3.63) is 35.9 Å². The maximum atomic E-state index is 11.9. The van der Waals surface area contributed by atoms with Gasteiger partial charge in [-0.25, -0.2) is 0 Å². The standard InChI is InChI=1S/C17H23NO2/c1-18-15-8-5-10-17(15,11-9-16(18)19)13-20-12-14-6-3-2-4-7-14/h2-4,6-7,15H,5,8-13H2,1H3/t15-,17-/m1/s1. The molecule has 2 aliphatic rings. The molecule has 3 heteroatoms. The SMILES string of the molecule is CN1C(=O)CC[C@@]2(COCc3ccccc3)CCC[C@@H]12. The number of nitrogens with zero attached hydrogens (tertiary/aromatic N) is 1. The van der Waals surface area contributed by atoms with Gasteiger partial charge in [0, 0.05) is 24.9 Å². The van der Waals surface area contributed by atoms with Crippen molar-refractivity contribution in [2.75, 3.05) is 13.7 Å². The van der Waals surface area contributed by atoms with E-state index in [1.165, 1.54) is 18.4 Å². The number of carbonyl (C=O) groups excluding carboxylic acids is 1. The molecule has 1 saturated carbocycles. The molecule has 1 aliphatic heterocycles. The molecule has 1 aliphatic carbocycles. The maximum absolute atomic E-state index is 11.9. The van der Waals surface area contributed by atoms with Crippen LogP contribution in [0.3, 0.4) is 0 Å². The van der Waals surface area contributed by atoms with Crippen molar-refractivity contribution in [3.8, 4) is 0 Å². The lowest BCUT2D eigenvalue weighted by Crippen LogP contribution is -2.52. The van der Waals surface area contributed by atoms with Gasteiger partial charge in [0.25, 0.3) is 0 Å². The average Bonchev–Trinajstić information content (AvgIpc) is 2.89. The summed E-state index contributed by atoms with van der Waals surface area (Å²) in [6, 6.07) is 10.7. The highest BCUT2D eigenvalue weighted by Crippen LogP contribution is 2.47. The third kappa shape index (κ3) is 2.47. The lowest BCUT2D eigenvalue weighted by molar-refractivity contribution is -0.142. The van der Waals surface area contributed by atoms with Crippen LogP contribution in [0.5, 0.6) is 0 Å². The van der Waals surface area contributed by atoms with E-state index in [0.29, 0.717) is 25.0 Å². The summed E-state index contributed by atoms with van der Waals surface area (Å²) in [6.07, 6.45) is 5.23. The Morgan fingerprint density at radius 3 is 2.90 bits per heavy atom. The minimum absolute atomic E-state index is 0.206. The van der Waals surface area contributed by atoms with E-state index in [2.05, 4.69) is 12.1 Å². The first kappa shape index (κ1) is 13.6. The summed E-state index contributed by atoms with van der Waals surface area (Å²) in [5.74, 6) is 0.301. The molecular weight excluding hydrogens is 250 g/mol. The van der Waals surface area contributed by atoms with Crippen molar-refractivity contribution in [1.82, 2.24) is 4.90 Å². The van der Waals surface area contributed by atoms with Crippen LogP contribution in [0.2, 0.25) is 0 Å². The first-order valence-corrected chi connectivity index (χ1v) is 7.59. The molecule has 1 aromatic carbocycles. The van der Waals surface area contributed by atoms with Gasteiger partial charge in [-0.15, -0.1) is 0 Å². The van der Waals surface area contributed by atoms with Crippen molar-refractivity contribution in [2.24, 2.45) is 5.41 Å². The van der Waals surface area contributed by atoms with Crippen LogP contribution in [0.15, 0.2) is 30.3 Å². The van der Waals surface area contributed by atoms with Crippen LogP contribution in [0.25, 0.3) is 0 Å². The lowest BCUT2D eigenvalue weighted by Gasteiger charge is -2.44. The van der Waals surface area contributed by atoms with E-state index in [1.807, 2.05) is 30.1 Å². The fourth-order valence-corrected chi connectivity index (χ4v) is 3.91. The monoisotopic (exact) mass is 273 g/mol. The smallest absolute Gasteiger partial charge is 0.222 e. The Morgan fingerprint density at radius 2 is 2.10 bits per heavy atom. The van der Waals surface area contributed by atoms with Crippen LogP contribution >= 0.6 is 0 Å². The predicted octanol–water partition coefficient (Wildman–Crippen LogP) is 2.99. The number of rotatable bonds is 4. The summed E-state index contributed by atoms with van der Waals surface area (Å²) in [7, 11) is 1.96. The predicted molar refractivity (Wildman–Crippen MR) is 78.2 cm³/mol. The van der Waals surface area contributed by atoms with Gasteiger partial charge in [0.15, 0.2) is 0 Å². The third-order valence-electron chi connectivity index (χ3n) is 5.06. The second kappa shape index (κ2) is 5.57. The summed E-state index contributed by atoms with van der Waals surface area (Å²) < 4.78 is 6.01. The van der Waals surface area contributed by atoms with E-state index in [0.717, 1.165) is 19.4 Å². The largest absolute Gasteiger partial charge is 0.376 e. The van der Waals surface area contributed by atoms with E-state index >= 15 is 0 Å². The summed E-state index contributed by atoms with van der Waals surface area (Å²) in [6.45, 7) is 1.46. The number of amides is 1. The molecule has 0 N–H and O–H groups in total. The van der Waals surface area contributed by atoms with Crippen molar-refractivity contribution in [3.63, 3.8) is 0 Å². The van der Waals surface area contributed by atoms with Crippen molar-refractivity contribution in [2.45, 2.75) is 44.8 Å². The van der Waals surface area contributed by atoms with Gasteiger partial charge in [0.05, 0.1) is 13.2 Å². The second-order valence-electron chi connectivity index (χ2n) is 6.25. The molecular formula is C17H23NO2. The van der Waals surface area contributed by atoms with Crippen molar-refractivity contribution >= 4 is 5.91 Å². The van der Waals surface area contributed by atoms with E-state index in [9.17, 15) is 4.79 Å². The molecule has 108 valence electrons. The molecule has 1 aromatic rings. The van der Waals surface area contributed by atoms with Gasteiger partial charge >= 0.3 is 0 Å². The van der Waals surface area contributed by atoms with Crippen LogP contribution in [0.1, 0.15) is 37.7 Å². The first-order valence-electron chi connectivity index (χ1n) is 7.59. The molecule has 3 nitrogen and oxygen atoms in total. The summed E-state index contributed by atoms with van der Waals surface area (Å²) in [5, 5.41) is 0. The van der Waals surface area contributed by atoms with Gasteiger partial charge in [0.1, 0.15) is 0 Å². The van der Waals surface area contributed by atoms with Gasteiger partial charge in [-0.2, -0.15) is 0 Å². The highest BCUT2D eigenvalue weighted by Gasteiger charge is 2.49. The Labute approximate surface area is 120 Å². The zero-order chi connectivity index (χ0) is 14.0. The van der Waals surface area contributed by atoms with Crippen LogP contribution in [-0.2, 0) is 16.1 Å². The molecule has 0 unspecified atom stereocenters. The van der Waals surface area contributed by atoms with Gasteiger partial charge in [-0.1, -0.05) is 36.8 Å². The van der Waals surface area contributed by atoms with Gasteiger partial charge in [0.2, 0.25) is 5.91 Å². The molecule has 0 radical (unpaired) electrons. The topological polar surface area (TPSA) is 29.5 Å². The van der Waals surface area contributed by atoms with E-state index in [1.54, 1.807) is 0 Å². The van der Waals surface area contributed by atoms with Crippen LogP contribution in [-0.4, -0.2) is 30.5 Å². The molecule has 1 amide bonds. The minimum Gasteiger partial charge on any atom is -0.376 e. The fraction of sp³-hybridized carbons (Fsp3) is 0.588. The Balaban J connectivity index is 1.62. The molecule has 3 rings (SSSR count). The molecule has 0 spiro atoms.